The summed E-state index contributed by atoms with van der Waals surface area (Å²) in [4.78, 5) is 9.48. The van der Waals surface area contributed by atoms with Crippen molar-refractivity contribution >= 4 is 11.2 Å². The Kier molecular flexibility index (Phi) is 3.19. The molecule has 106 valence electrons. The zero-order valence-electron chi connectivity index (χ0n) is 11.9. The molecule has 4 nitrogen and oxygen atoms in total. The number of hydrogen-bond acceptors (Lipinski definition) is 3. The van der Waals surface area contributed by atoms with Crippen molar-refractivity contribution in [2.45, 2.75) is 44.6 Å². The van der Waals surface area contributed by atoms with E-state index in [0.29, 0.717) is 6.04 Å². The molecule has 0 bridgehead atoms. The van der Waals surface area contributed by atoms with E-state index in [1.54, 1.807) is 0 Å². The number of fused-ring (bicyclic) bond motifs is 1. The molecule has 0 unspecified atom stereocenters. The standard InChI is InChI=1S/C16H22N4/c1-3-13(4-1)20-15(11-12-6-9-17-10-7-12)19-14-5-2-8-18-16(14)20/h2,5,8,12-13,17H,1,3-4,6-7,9-11H2. The molecular weight excluding hydrogens is 248 g/mol. The quantitative estimate of drug-likeness (QED) is 0.932. The minimum atomic E-state index is 0.645. The van der Waals surface area contributed by atoms with Crippen molar-refractivity contribution < 1.29 is 0 Å². The Labute approximate surface area is 119 Å². The summed E-state index contributed by atoms with van der Waals surface area (Å²) in [6.07, 6.45) is 9.51. The molecule has 2 aliphatic rings. The lowest BCUT2D eigenvalue weighted by Crippen LogP contribution is -2.30. The van der Waals surface area contributed by atoms with Gasteiger partial charge in [0, 0.05) is 18.7 Å². The highest BCUT2D eigenvalue weighted by molar-refractivity contribution is 5.71. The third kappa shape index (κ3) is 2.12. The smallest absolute Gasteiger partial charge is 0.160 e. The third-order valence-electron chi connectivity index (χ3n) is 4.89. The average Bonchev–Trinajstić information content (AvgIpc) is 2.77. The van der Waals surface area contributed by atoms with E-state index in [1.165, 1.54) is 37.9 Å². The van der Waals surface area contributed by atoms with Crippen LogP contribution in [0.3, 0.4) is 0 Å². The SMILES string of the molecule is c1cnc2c(c1)nc(CC1CCNCC1)n2C1CCC1. The zero-order valence-corrected chi connectivity index (χ0v) is 11.9. The topological polar surface area (TPSA) is 42.7 Å². The van der Waals surface area contributed by atoms with Crippen LogP contribution in [0.4, 0.5) is 0 Å². The predicted octanol–water partition coefficient (Wildman–Crippen LogP) is 2.70. The van der Waals surface area contributed by atoms with E-state index in [4.69, 9.17) is 4.98 Å². The average molecular weight is 270 g/mol. The van der Waals surface area contributed by atoms with Crippen LogP contribution in [0.2, 0.25) is 0 Å². The summed E-state index contributed by atoms with van der Waals surface area (Å²) in [6.45, 7) is 2.32. The minimum Gasteiger partial charge on any atom is -0.317 e. The lowest BCUT2D eigenvalue weighted by Gasteiger charge is -2.30. The van der Waals surface area contributed by atoms with Gasteiger partial charge in [0.05, 0.1) is 0 Å². The van der Waals surface area contributed by atoms with Crippen LogP contribution in [-0.2, 0) is 6.42 Å². The Morgan fingerprint density at radius 1 is 1.20 bits per heavy atom. The number of hydrogen-bond donors (Lipinski definition) is 1. The van der Waals surface area contributed by atoms with Crippen molar-refractivity contribution in [1.29, 1.82) is 0 Å². The van der Waals surface area contributed by atoms with Gasteiger partial charge in [-0.3, -0.25) is 0 Å². The predicted molar refractivity (Wildman–Crippen MR) is 79.7 cm³/mol. The molecule has 4 rings (SSSR count). The summed E-state index contributed by atoms with van der Waals surface area (Å²) in [5, 5.41) is 3.45. The number of nitrogens with zero attached hydrogens (tertiary/aromatic N) is 3. The second kappa shape index (κ2) is 5.17. The van der Waals surface area contributed by atoms with Gasteiger partial charge in [0.1, 0.15) is 11.3 Å². The van der Waals surface area contributed by atoms with E-state index in [1.807, 2.05) is 12.3 Å². The van der Waals surface area contributed by atoms with Gasteiger partial charge in [0.2, 0.25) is 0 Å². The maximum Gasteiger partial charge on any atom is 0.160 e. The molecule has 2 fully saturated rings. The van der Waals surface area contributed by atoms with Crippen LogP contribution >= 0.6 is 0 Å². The molecule has 0 atom stereocenters. The molecule has 20 heavy (non-hydrogen) atoms. The fourth-order valence-electron chi connectivity index (χ4n) is 3.49. The van der Waals surface area contributed by atoms with E-state index in [2.05, 4.69) is 20.9 Å². The van der Waals surface area contributed by atoms with Crippen molar-refractivity contribution in [3.63, 3.8) is 0 Å². The van der Waals surface area contributed by atoms with Crippen molar-refractivity contribution in [2.24, 2.45) is 5.92 Å². The second-order valence-electron chi connectivity index (χ2n) is 6.23. The first-order valence-electron chi connectivity index (χ1n) is 7.94. The van der Waals surface area contributed by atoms with Gasteiger partial charge in [0.15, 0.2) is 5.65 Å². The van der Waals surface area contributed by atoms with Crippen LogP contribution in [-0.4, -0.2) is 27.6 Å². The summed E-state index contributed by atoms with van der Waals surface area (Å²) < 4.78 is 2.45. The molecule has 1 aliphatic heterocycles. The molecule has 0 amide bonds. The molecule has 3 heterocycles. The van der Waals surface area contributed by atoms with Crippen LogP contribution in [0, 0.1) is 5.92 Å². The Morgan fingerprint density at radius 3 is 2.80 bits per heavy atom. The molecule has 1 saturated heterocycles. The van der Waals surface area contributed by atoms with Crippen LogP contribution in [0.15, 0.2) is 18.3 Å². The first-order valence-corrected chi connectivity index (χ1v) is 7.94. The van der Waals surface area contributed by atoms with E-state index in [9.17, 15) is 0 Å². The fourth-order valence-corrected chi connectivity index (χ4v) is 3.49. The first kappa shape index (κ1) is 12.3. The van der Waals surface area contributed by atoms with Gasteiger partial charge in [-0.15, -0.1) is 0 Å². The van der Waals surface area contributed by atoms with E-state index < -0.39 is 0 Å². The van der Waals surface area contributed by atoms with Crippen molar-refractivity contribution in [1.82, 2.24) is 19.9 Å². The van der Waals surface area contributed by atoms with Crippen molar-refractivity contribution in [3.05, 3.63) is 24.2 Å². The minimum absolute atomic E-state index is 0.645. The van der Waals surface area contributed by atoms with Gasteiger partial charge in [-0.2, -0.15) is 0 Å². The molecule has 0 aromatic carbocycles. The summed E-state index contributed by atoms with van der Waals surface area (Å²) in [6, 6.07) is 4.74. The highest BCUT2D eigenvalue weighted by atomic mass is 15.2. The zero-order chi connectivity index (χ0) is 13.4. The molecular formula is C16H22N4. The highest BCUT2D eigenvalue weighted by Gasteiger charge is 2.26. The number of imidazole rings is 1. The Bertz CT molecular complexity index is 594. The maximum atomic E-state index is 4.89. The number of aromatic nitrogens is 3. The summed E-state index contributed by atoms with van der Waals surface area (Å²) in [7, 11) is 0. The normalized spacial score (nSPS) is 21.2. The summed E-state index contributed by atoms with van der Waals surface area (Å²) in [5.41, 5.74) is 2.17. The molecule has 0 radical (unpaired) electrons. The van der Waals surface area contributed by atoms with Gasteiger partial charge in [-0.1, -0.05) is 0 Å². The molecule has 1 aliphatic carbocycles. The molecule has 4 heteroatoms. The van der Waals surface area contributed by atoms with Gasteiger partial charge >= 0.3 is 0 Å². The third-order valence-corrected chi connectivity index (χ3v) is 4.89. The number of piperidine rings is 1. The van der Waals surface area contributed by atoms with Crippen molar-refractivity contribution in [3.8, 4) is 0 Å². The van der Waals surface area contributed by atoms with Crippen LogP contribution in [0.5, 0.6) is 0 Å². The monoisotopic (exact) mass is 270 g/mol. The summed E-state index contributed by atoms with van der Waals surface area (Å²) in [5.74, 6) is 2.06. The Balaban J connectivity index is 1.69. The maximum absolute atomic E-state index is 4.89. The molecule has 1 N–H and O–H groups in total. The first-order chi connectivity index (χ1) is 9.92. The number of nitrogens with one attached hydrogen (secondary N) is 1. The second-order valence-corrected chi connectivity index (χ2v) is 6.23. The van der Waals surface area contributed by atoms with E-state index >= 15 is 0 Å². The molecule has 0 spiro atoms. The van der Waals surface area contributed by atoms with Gasteiger partial charge in [-0.25, -0.2) is 9.97 Å². The van der Waals surface area contributed by atoms with Gasteiger partial charge in [-0.05, 0) is 63.2 Å². The lowest BCUT2D eigenvalue weighted by molar-refractivity contribution is 0.299. The molecule has 1 saturated carbocycles. The fraction of sp³-hybridized carbons (Fsp3) is 0.625. The van der Waals surface area contributed by atoms with Crippen LogP contribution in [0.1, 0.15) is 44.0 Å². The lowest BCUT2D eigenvalue weighted by atomic mass is 9.91. The van der Waals surface area contributed by atoms with Gasteiger partial charge in [0.25, 0.3) is 0 Å². The summed E-state index contributed by atoms with van der Waals surface area (Å²) >= 11 is 0. The van der Waals surface area contributed by atoms with Gasteiger partial charge < -0.3 is 9.88 Å². The largest absolute Gasteiger partial charge is 0.317 e. The van der Waals surface area contributed by atoms with E-state index in [-0.39, 0.29) is 0 Å². The molecule has 2 aromatic heterocycles. The number of pyridine rings is 1. The van der Waals surface area contributed by atoms with Crippen LogP contribution < -0.4 is 5.32 Å². The van der Waals surface area contributed by atoms with Crippen LogP contribution in [0.25, 0.3) is 11.2 Å². The van der Waals surface area contributed by atoms with Crippen molar-refractivity contribution in [2.75, 3.05) is 13.1 Å². The Morgan fingerprint density at radius 2 is 2.05 bits per heavy atom. The Hall–Kier alpha value is -1.42. The molecule has 2 aromatic rings. The highest BCUT2D eigenvalue weighted by Crippen LogP contribution is 2.35. The number of rotatable bonds is 3. The van der Waals surface area contributed by atoms with E-state index in [0.717, 1.165) is 36.6 Å².